The van der Waals surface area contributed by atoms with E-state index in [0.717, 1.165) is 4.88 Å². The number of aromatic nitrogens is 1. The van der Waals surface area contributed by atoms with Crippen LogP contribution in [0.2, 0.25) is 0 Å². The van der Waals surface area contributed by atoms with Gasteiger partial charge in [0.05, 0.1) is 12.1 Å². The van der Waals surface area contributed by atoms with E-state index in [9.17, 15) is 0 Å². The van der Waals surface area contributed by atoms with Crippen LogP contribution in [-0.4, -0.2) is 16.7 Å². The van der Waals surface area contributed by atoms with E-state index in [1.54, 1.807) is 29.1 Å². The topological polar surface area (TPSA) is 33.1 Å². The minimum absolute atomic E-state index is 0.0951. The lowest BCUT2D eigenvalue weighted by atomic mass is 10.5. The summed E-state index contributed by atoms with van der Waals surface area (Å²) in [7, 11) is 0. The Kier molecular flexibility index (Phi) is 2.42. The maximum absolute atomic E-state index is 8.36. The summed E-state index contributed by atoms with van der Waals surface area (Å²) in [6.07, 6.45) is 5.29. The van der Waals surface area contributed by atoms with Gasteiger partial charge in [-0.1, -0.05) is 6.08 Å². The molecule has 0 bridgehead atoms. The molecule has 0 saturated heterocycles. The van der Waals surface area contributed by atoms with Crippen LogP contribution in [0.1, 0.15) is 4.88 Å². The Balaban J connectivity index is 2.57. The van der Waals surface area contributed by atoms with E-state index in [4.69, 9.17) is 5.11 Å². The Bertz CT molecular complexity index is 181. The summed E-state index contributed by atoms with van der Waals surface area (Å²) in [5.41, 5.74) is 1.76. The molecule has 0 spiro atoms. The van der Waals surface area contributed by atoms with Crippen LogP contribution in [-0.2, 0) is 0 Å². The van der Waals surface area contributed by atoms with Crippen molar-refractivity contribution in [3.05, 3.63) is 22.7 Å². The third kappa shape index (κ3) is 1.95. The minimum Gasteiger partial charge on any atom is -0.392 e. The fourth-order valence-electron chi connectivity index (χ4n) is 0.477. The Morgan fingerprint density at radius 2 is 2.67 bits per heavy atom. The Hall–Kier alpha value is -0.670. The molecule has 1 aromatic heterocycles. The molecule has 0 amide bonds. The van der Waals surface area contributed by atoms with Crippen molar-refractivity contribution >= 4 is 17.4 Å². The third-order valence-corrected chi connectivity index (χ3v) is 1.58. The molecule has 0 aliphatic carbocycles. The number of aliphatic hydroxyl groups is 1. The molecular formula is C6H7NOS. The first kappa shape index (κ1) is 6.45. The summed E-state index contributed by atoms with van der Waals surface area (Å²) >= 11 is 1.55. The van der Waals surface area contributed by atoms with E-state index >= 15 is 0 Å². The van der Waals surface area contributed by atoms with E-state index in [2.05, 4.69) is 4.98 Å². The van der Waals surface area contributed by atoms with Crippen LogP contribution in [0.15, 0.2) is 17.8 Å². The first-order chi connectivity index (χ1) is 4.43. The zero-order valence-corrected chi connectivity index (χ0v) is 5.64. The van der Waals surface area contributed by atoms with Crippen molar-refractivity contribution in [3.63, 3.8) is 0 Å². The molecule has 0 aliphatic heterocycles. The molecule has 0 saturated carbocycles. The van der Waals surface area contributed by atoms with Crippen LogP contribution in [0.4, 0.5) is 0 Å². The molecule has 9 heavy (non-hydrogen) atoms. The van der Waals surface area contributed by atoms with Gasteiger partial charge in [-0.05, 0) is 6.08 Å². The Labute approximate surface area is 57.5 Å². The molecular weight excluding hydrogens is 134 g/mol. The van der Waals surface area contributed by atoms with E-state index < -0.39 is 0 Å². The fourth-order valence-corrected chi connectivity index (χ4v) is 1.02. The molecule has 0 radical (unpaired) electrons. The highest BCUT2D eigenvalue weighted by Gasteiger charge is 1.83. The molecule has 0 aromatic carbocycles. The summed E-state index contributed by atoms with van der Waals surface area (Å²) in [6, 6.07) is 0. The van der Waals surface area contributed by atoms with Crippen molar-refractivity contribution in [1.29, 1.82) is 0 Å². The van der Waals surface area contributed by atoms with E-state index in [0.29, 0.717) is 0 Å². The molecule has 3 heteroatoms. The fraction of sp³-hybridized carbons (Fsp3) is 0.167. The van der Waals surface area contributed by atoms with Gasteiger partial charge in [0, 0.05) is 11.1 Å². The first-order valence-corrected chi connectivity index (χ1v) is 3.47. The maximum Gasteiger partial charge on any atom is 0.0797 e. The maximum atomic E-state index is 8.36. The van der Waals surface area contributed by atoms with Gasteiger partial charge in [-0.3, -0.25) is 4.98 Å². The molecule has 2 nitrogen and oxygen atoms in total. The molecule has 48 valence electrons. The minimum atomic E-state index is 0.0951. The number of hydrogen-bond acceptors (Lipinski definition) is 3. The van der Waals surface area contributed by atoms with Crippen LogP contribution in [0.5, 0.6) is 0 Å². The van der Waals surface area contributed by atoms with Gasteiger partial charge in [0.25, 0.3) is 0 Å². The van der Waals surface area contributed by atoms with Gasteiger partial charge >= 0.3 is 0 Å². The second-order valence-corrected chi connectivity index (χ2v) is 2.41. The lowest BCUT2D eigenvalue weighted by Crippen LogP contribution is -1.68. The molecule has 0 unspecified atom stereocenters. The molecule has 1 aromatic rings. The van der Waals surface area contributed by atoms with E-state index in [-0.39, 0.29) is 6.61 Å². The number of hydrogen-bond donors (Lipinski definition) is 1. The van der Waals surface area contributed by atoms with Crippen LogP contribution in [0.3, 0.4) is 0 Å². The predicted octanol–water partition coefficient (Wildman–Crippen LogP) is 1.15. The largest absolute Gasteiger partial charge is 0.392 e. The smallest absolute Gasteiger partial charge is 0.0797 e. The summed E-state index contributed by atoms with van der Waals surface area (Å²) in [6.45, 7) is 0.0951. The van der Waals surface area contributed by atoms with Gasteiger partial charge < -0.3 is 5.11 Å². The van der Waals surface area contributed by atoms with Gasteiger partial charge in [0.15, 0.2) is 0 Å². The van der Waals surface area contributed by atoms with Crippen molar-refractivity contribution in [3.8, 4) is 0 Å². The van der Waals surface area contributed by atoms with E-state index in [1.807, 2.05) is 6.08 Å². The molecule has 0 atom stereocenters. The highest BCUT2D eigenvalue weighted by atomic mass is 32.1. The lowest BCUT2D eigenvalue weighted by molar-refractivity contribution is 0.343. The first-order valence-electron chi connectivity index (χ1n) is 2.59. The SMILES string of the molecule is OCC=Cc1cncs1. The van der Waals surface area contributed by atoms with Gasteiger partial charge in [-0.25, -0.2) is 0 Å². The average Bonchev–Trinajstić information content (AvgIpc) is 2.34. The van der Waals surface area contributed by atoms with Crippen LogP contribution < -0.4 is 0 Å². The summed E-state index contributed by atoms with van der Waals surface area (Å²) in [4.78, 5) is 4.93. The zero-order chi connectivity index (χ0) is 6.53. The highest BCUT2D eigenvalue weighted by molar-refractivity contribution is 7.10. The van der Waals surface area contributed by atoms with Crippen molar-refractivity contribution in [2.45, 2.75) is 0 Å². The second-order valence-electron chi connectivity index (χ2n) is 1.49. The van der Waals surface area contributed by atoms with Gasteiger partial charge in [-0.2, -0.15) is 0 Å². The van der Waals surface area contributed by atoms with Crippen LogP contribution in [0, 0.1) is 0 Å². The number of rotatable bonds is 2. The predicted molar refractivity (Wildman–Crippen MR) is 38.2 cm³/mol. The van der Waals surface area contributed by atoms with Crippen molar-refractivity contribution in [2.24, 2.45) is 0 Å². The van der Waals surface area contributed by atoms with Crippen molar-refractivity contribution in [1.82, 2.24) is 4.98 Å². The summed E-state index contributed by atoms with van der Waals surface area (Å²) in [5, 5.41) is 8.36. The van der Waals surface area contributed by atoms with Gasteiger partial charge in [0.1, 0.15) is 0 Å². The quantitative estimate of drug-likeness (QED) is 0.670. The number of nitrogens with zero attached hydrogens (tertiary/aromatic N) is 1. The number of aliphatic hydroxyl groups excluding tert-OH is 1. The molecule has 0 fully saturated rings. The number of thiazole rings is 1. The summed E-state index contributed by atoms with van der Waals surface area (Å²) in [5.74, 6) is 0. The van der Waals surface area contributed by atoms with Crippen molar-refractivity contribution in [2.75, 3.05) is 6.61 Å². The normalized spacial score (nSPS) is 10.8. The van der Waals surface area contributed by atoms with E-state index in [1.165, 1.54) is 0 Å². The third-order valence-electron chi connectivity index (χ3n) is 0.839. The standard InChI is InChI=1S/C6H7NOS/c8-3-1-2-6-4-7-5-9-6/h1-2,4-5,8H,3H2. The highest BCUT2D eigenvalue weighted by Crippen LogP contribution is 2.06. The summed E-state index contributed by atoms with van der Waals surface area (Å²) < 4.78 is 0. The Morgan fingerprint density at radius 1 is 1.78 bits per heavy atom. The zero-order valence-electron chi connectivity index (χ0n) is 4.82. The average molecular weight is 141 g/mol. The van der Waals surface area contributed by atoms with Gasteiger partial charge in [-0.15, -0.1) is 11.3 Å². The molecule has 0 aliphatic rings. The molecule has 1 N–H and O–H groups in total. The molecule has 1 heterocycles. The molecule has 1 rings (SSSR count). The van der Waals surface area contributed by atoms with Crippen molar-refractivity contribution < 1.29 is 5.11 Å². The van der Waals surface area contributed by atoms with Gasteiger partial charge in [0.2, 0.25) is 0 Å². The van der Waals surface area contributed by atoms with Crippen LogP contribution >= 0.6 is 11.3 Å². The second kappa shape index (κ2) is 3.37. The Morgan fingerprint density at radius 3 is 3.22 bits per heavy atom. The lowest BCUT2D eigenvalue weighted by Gasteiger charge is -1.77. The van der Waals surface area contributed by atoms with Crippen LogP contribution in [0.25, 0.3) is 6.08 Å². The monoisotopic (exact) mass is 141 g/mol.